The lowest BCUT2D eigenvalue weighted by molar-refractivity contribution is -0.132. The Bertz CT molecular complexity index is 1060. The van der Waals surface area contributed by atoms with Crippen LogP contribution in [0.4, 0.5) is 0 Å². The zero-order chi connectivity index (χ0) is 48.8. The van der Waals surface area contributed by atoms with E-state index in [0.717, 1.165) is 38.5 Å². The minimum absolute atomic E-state index is 0.362. The summed E-state index contributed by atoms with van der Waals surface area (Å²) in [6.45, 7) is 4.06. The van der Waals surface area contributed by atoms with Gasteiger partial charge in [0.25, 0.3) is 0 Å². The molecule has 0 aromatic rings. The minimum atomic E-state index is -1.29. The standard InChI is InChI=1S/C61H117NO5/c1-3-5-7-9-11-13-15-17-19-21-22-23-24-25-26-27-28-29-30-31-32-33-34-35-36-37-39-41-43-45-47-49-51-53-55-59(65)61(67)62-57(56-63)60(66)58(64)54-52-50-48-46-44-42-40-38-20-18-16-14-12-10-8-6-4-2/h27-28,38,40,46,48,57-60,63-66H,3-26,29-37,39,41-45,47,49-56H2,1-2H3,(H,62,67)/b28-27-,40-38+,48-46+. The molecule has 0 spiro atoms. The number of hydrogen-bond acceptors (Lipinski definition) is 5. The van der Waals surface area contributed by atoms with Crippen molar-refractivity contribution in [2.75, 3.05) is 6.61 Å². The summed E-state index contributed by atoms with van der Waals surface area (Å²) >= 11 is 0. The summed E-state index contributed by atoms with van der Waals surface area (Å²) in [4.78, 5) is 12.6. The molecule has 1 amide bonds. The van der Waals surface area contributed by atoms with Crippen molar-refractivity contribution < 1.29 is 25.2 Å². The van der Waals surface area contributed by atoms with Crippen LogP contribution in [0, 0.1) is 0 Å². The van der Waals surface area contributed by atoms with Gasteiger partial charge >= 0.3 is 0 Å². The van der Waals surface area contributed by atoms with Crippen LogP contribution >= 0.6 is 0 Å². The molecule has 0 bridgehead atoms. The van der Waals surface area contributed by atoms with E-state index in [2.05, 4.69) is 55.6 Å². The lowest BCUT2D eigenvalue weighted by Gasteiger charge is -2.27. The smallest absolute Gasteiger partial charge is 0.249 e. The molecule has 396 valence electrons. The van der Waals surface area contributed by atoms with Crippen LogP contribution in [0.1, 0.15) is 316 Å². The van der Waals surface area contributed by atoms with Gasteiger partial charge in [0.1, 0.15) is 12.2 Å². The van der Waals surface area contributed by atoms with Crippen molar-refractivity contribution in [3.63, 3.8) is 0 Å². The fourth-order valence-corrected chi connectivity index (χ4v) is 9.36. The van der Waals surface area contributed by atoms with Crippen molar-refractivity contribution in [3.8, 4) is 0 Å². The number of aliphatic hydroxyl groups is 4. The van der Waals surface area contributed by atoms with E-state index in [4.69, 9.17) is 0 Å². The first-order valence-corrected chi connectivity index (χ1v) is 29.9. The van der Waals surface area contributed by atoms with E-state index in [-0.39, 0.29) is 0 Å². The molecular formula is C61H117NO5. The van der Waals surface area contributed by atoms with E-state index < -0.39 is 36.9 Å². The number of allylic oxidation sites excluding steroid dienone is 6. The van der Waals surface area contributed by atoms with Gasteiger partial charge < -0.3 is 25.7 Å². The second-order valence-electron chi connectivity index (χ2n) is 20.7. The molecule has 4 atom stereocenters. The van der Waals surface area contributed by atoms with E-state index >= 15 is 0 Å². The van der Waals surface area contributed by atoms with E-state index in [0.29, 0.717) is 19.3 Å². The van der Waals surface area contributed by atoms with Gasteiger partial charge in [0.05, 0.1) is 18.8 Å². The largest absolute Gasteiger partial charge is 0.394 e. The fourth-order valence-electron chi connectivity index (χ4n) is 9.36. The van der Waals surface area contributed by atoms with Crippen LogP contribution in [0.2, 0.25) is 0 Å². The van der Waals surface area contributed by atoms with Crippen molar-refractivity contribution in [2.45, 2.75) is 340 Å². The minimum Gasteiger partial charge on any atom is -0.394 e. The summed E-state index contributed by atoms with van der Waals surface area (Å²) in [6, 6.07) is -1.01. The Labute approximate surface area is 417 Å². The second-order valence-corrected chi connectivity index (χ2v) is 20.7. The van der Waals surface area contributed by atoms with Crippen LogP contribution in [0.15, 0.2) is 36.5 Å². The van der Waals surface area contributed by atoms with Crippen molar-refractivity contribution in [1.29, 1.82) is 0 Å². The summed E-state index contributed by atoms with van der Waals surface area (Å²) in [6.07, 6.45) is 69.5. The summed E-state index contributed by atoms with van der Waals surface area (Å²) < 4.78 is 0. The van der Waals surface area contributed by atoms with Crippen LogP contribution < -0.4 is 5.32 Å². The van der Waals surface area contributed by atoms with Gasteiger partial charge in [0, 0.05) is 0 Å². The number of carbonyl (C=O) groups is 1. The maximum absolute atomic E-state index is 12.6. The Morgan fingerprint density at radius 2 is 0.627 bits per heavy atom. The third-order valence-corrected chi connectivity index (χ3v) is 14.1. The zero-order valence-corrected chi connectivity index (χ0v) is 44.9. The molecule has 5 N–H and O–H groups in total. The van der Waals surface area contributed by atoms with Crippen LogP contribution in [-0.2, 0) is 4.79 Å². The molecule has 0 saturated heterocycles. The predicted molar refractivity (Wildman–Crippen MR) is 293 cm³/mol. The van der Waals surface area contributed by atoms with E-state index in [1.807, 2.05) is 0 Å². The number of nitrogens with one attached hydrogen (secondary N) is 1. The zero-order valence-electron chi connectivity index (χ0n) is 44.9. The van der Waals surface area contributed by atoms with Gasteiger partial charge in [-0.1, -0.05) is 275 Å². The molecule has 0 aliphatic carbocycles. The molecule has 0 aliphatic heterocycles. The van der Waals surface area contributed by atoms with Gasteiger partial charge in [-0.05, 0) is 77.0 Å². The maximum atomic E-state index is 12.6. The highest BCUT2D eigenvalue weighted by Gasteiger charge is 2.28. The highest BCUT2D eigenvalue weighted by molar-refractivity contribution is 5.80. The van der Waals surface area contributed by atoms with Gasteiger partial charge in [-0.15, -0.1) is 0 Å². The molecule has 0 heterocycles. The van der Waals surface area contributed by atoms with Gasteiger partial charge in [-0.2, -0.15) is 0 Å². The number of hydrogen-bond donors (Lipinski definition) is 5. The van der Waals surface area contributed by atoms with Gasteiger partial charge in [-0.3, -0.25) is 4.79 Å². The average Bonchev–Trinajstić information content (AvgIpc) is 3.33. The molecular weight excluding hydrogens is 827 g/mol. The second kappa shape index (κ2) is 55.5. The molecule has 0 fully saturated rings. The first-order chi connectivity index (χ1) is 33.0. The number of carbonyl (C=O) groups excluding carboxylic acids is 1. The summed E-state index contributed by atoms with van der Waals surface area (Å²) in [5.41, 5.74) is 0. The molecule has 0 aromatic heterocycles. The van der Waals surface area contributed by atoms with Crippen molar-refractivity contribution in [3.05, 3.63) is 36.5 Å². The highest BCUT2D eigenvalue weighted by Crippen LogP contribution is 2.18. The molecule has 0 aliphatic rings. The molecule has 0 saturated carbocycles. The molecule has 6 heteroatoms. The molecule has 67 heavy (non-hydrogen) atoms. The van der Waals surface area contributed by atoms with E-state index in [9.17, 15) is 25.2 Å². The van der Waals surface area contributed by atoms with Crippen molar-refractivity contribution in [1.82, 2.24) is 5.32 Å². The SMILES string of the molecule is CCCCCCCCCC/C=C/CC/C=C/CCCC(O)C(O)C(CO)NC(=O)C(O)CCCCCCCCCCCCCCCCCC/C=C\CCCCCCCCCCCCCCCC. The van der Waals surface area contributed by atoms with Crippen LogP contribution in [0.25, 0.3) is 0 Å². The number of rotatable bonds is 55. The third kappa shape index (κ3) is 49.3. The lowest BCUT2D eigenvalue weighted by atomic mass is 10.00. The molecule has 6 nitrogen and oxygen atoms in total. The number of unbranched alkanes of at least 4 members (excludes halogenated alkanes) is 40. The third-order valence-electron chi connectivity index (χ3n) is 14.1. The summed E-state index contributed by atoms with van der Waals surface area (Å²) in [5, 5.41) is 43.9. The monoisotopic (exact) mass is 944 g/mol. The Kier molecular flexibility index (Phi) is 54.2. The Hall–Kier alpha value is -1.47. The summed E-state index contributed by atoms with van der Waals surface area (Å²) in [5.74, 6) is -0.594. The van der Waals surface area contributed by atoms with Gasteiger partial charge in [0.15, 0.2) is 0 Å². The van der Waals surface area contributed by atoms with Gasteiger partial charge in [-0.25, -0.2) is 0 Å². The van der Waals surface area contributed by atoms with Gasteiger partial charge in [0.2, 0.25) is 5.91 Å². The Morgan fingerprint density at radius 3 is 0.940 bits per heavy atom. The lowest BCUT2D eigenvalue weighted by Crippen LogP contribution is -2.53. The fraction of sp³-hybridized carbons (Fsp3) is 0.885. The maximum Gasteiger partial charge on any atom is 0.249 e. The van der Waals surface area contributed by atoms with Crippen molar-refractivity contribution in [2.24, 2.45) is 0 Å². The average molecular weight is 945 g/mol. The summed E-state index contributed by atoms with van der Waals surface area (Å²) in [7, 11) is 0. The van der Waals surface area contributed by atoms with E-state index in [1.54, 1.807) is 0 Å². The number of aliphatic hydroxyl groups excluding tert-OH is 4. The van der Waals surface area contributed by atoms with Crippen LogP contribution in [-0.4, -0.2) is 57.3 Å². The normalized spacial score (nSPS) is 13.9. The highest BCUT2D eigenvalue weighted by atomic mass is 16.3. The first-order valence-electron chi connectivity index (χ1n) is 29.9. The molecule has 4 unspecified atom stereocenters. The quantitative estimate of drug-likeness (QED) is 0.0308. The van der Waals surface area contributed by atoms with E-state index in [1.165, 1.54) is 244 Å². The van der Waals surface area contributed by atoms with Crippen LogP contribution in [0.5, 0.6) is 0 Å². The Balaban J connectivity index is 3.58. The molecule has 0 radical (unpaired) electrons. The topological polar surface area (TPSA) is 110 Å². The predicted octanol–water partition coefficient (Wildman–Crippen LogP) is 17.6. The molecule has 0 rings (SSSR count). The molecule has 0 aromatic carbocycles. The van der Waals surface area contributed by atoms with Crippen LogP contribution in [0.3, 0.4) is 0 Å². The number of amides is 1. The Morgan fingerprint density at radius 1 is 0.358 bits per heavy atom. The van der Waals surface area contributed by atoms with Crippen molar-refractivity contribution >= 4 is 5.91 Å². The first kappa shape index (κ1) is 65.5.